The zero-order valence-electron chi connectivity index (χ0n) is 14.3. The molecule has 0 radical (unpaired) electrons. The fraction of sp³-hybridized carbons (Fsp3) is 0.200. The normalized spacial score (nSPS) is 10.5. The summed E-state index contributed by atoms with van der Waals surface area (Å²) in [5.74, 6) is 0.325. The Bertz CT molecular complexity index is 879. The van der Waals surface area contributed by atoms with Crippen molar-refractivity contribution in [2.24, 2.45) is 0 Å². The first-order chi connectivity index (χ1) is 12.2. The lowest BCUT2D eigenvalue weighted by Gasteiger charge is -2.15. The zero-order chi connectivity index (χ0) is 17.6. The second kappa shape index (κ2) is 7.66. The van der Waals surface area contributed by atoms with E-state index < -0.39 is 5.97 Å². The van der Waals surface area contributed by atoms with Gasteiger partial charge in [0.1, 0.15) is 11.3 Å². The molecule has 0 atom stereocenters. The fourth-order valence-electron chi connectivity index (χ4n) is 2.59. The predicted molar refractivity (Wildman–Crippen MR) is 98.6 cm³/mol. The molecule has 1 N–H and O–H groups in total. The Morgan fingerprint density at radius 3 is 2.60 bits per heavy atom. The maximum atomic E-state index is 12.4. The van der Waals surface area contributed by atoms with Gasteiger partial charge in [-0.15, -0.1) is 0 Å². The molecule has 1 heterocycles. The Hall–Kier alpha value is -3.08. The van der Waals surface area contributed by atoms with E-state index in [1.54, 1.807) is 13.1 Å². The first-order valence-electron chi connectivity index (χ1n) is 8.27. The molecule has 128 valence electrons. The molecule has 0 bridgehead atoms. The number of para-hydroxylation sites is 1. The van der Waals surface area contributed by atoms with Gasteiger partial charge in [-0.25, -0.2) is 4.79 Å². The van der Waals surface area contributed by atoms with Gasteiger partial charge in [-0.05, 0) is 44.2 Å². The van der Waals surface area contributed by atoms with Gasteiger partial charge in [0.15, 0.2) is 0 Å². The van der Waals surface area contributed by atoms with Crippen LogP contribution in [0.5, 0.6) is 5.75 Å². The van der Waals surface area contributed by atoms with Crippen LogP contribution in [0.25, 0.3) is 10.9 Å². The number of carbonyl (C=O) groups is 1. The number of aromatic nitrogens is 1. The van der Waals surface area contributed by atoms with Gasteiger partial charge in [0.2, 0.25) is 0 Å². The first kappa shape index (κ1) is 16.8. The van der Waals surface area contributed by atoms with E-state index in [-0.39, 0.29) is 0 Å². The van der Waals surface area contributed by atoms with Crippen molar-refractivity contribution in [1.29, 1.82) is 0 Å². The summed E-state index contributed by atoms with van der Waals surface area (Å²) in [6.07, 6.45) is 1.55. The van der Waals surface area contributed by atoms with Crippen molar-refractivity contribution >= 4 is 28.2 Å². The van der Waals surface area contributed by atoms with Crippen molar-refractivity contribution in [3.05, 3.63) is 60.3 Å². The third-order valence-electron chi connectivity index (χ3n) is 3.69. The summed E-state index contributed by atoms with van der Waals surface area (Å²) >= 11 is 0. The molecule has 2 aromatic carbocycles. The monoisotopic (exact) mass is 336 g/mol. The summed E-state index contributed by atoms with van der Waals surface area (Å²) in [5, 5.41) is 4.13. The molecule has 0 fully saturated rings. The minimum atomic E-state index is -0.405. The molecule has 0 spiro atoms. The first-order valence-corrected chi connectivity index (χ1v) is 8.27. The average Bonchev–Trinajstić information content (AvgIpc) is 2.63. The molecule has 0 aliphatic rings. The highest BCUT2D eigenvalue weighted by Gasteiger charge is 2.17. The maximum absolute atomic E-state index is 12.4. The summed E-state index contributed by atoms with van der Waals surface area (Å²) in [6.45, 7) is 4.59. The minimum Gasteiger partial charge on any atom is -0.494 e. The summed E-state index contributed by atoms with van der Waals surface area (Å²) < 4.78 is 10.8. The van der Waals surface area contributed by atoms with Crippen LogP contribution in [0, 0.1) is 0 Å². The highest BCUT2D eigenvalue weighted by Crippen LogP contribution is 2.32. The van der Waals surface area contributed by atoms with Crippen LogP contribution in [0.15, 0.2) is 54.7 Å². The van der Waals surface area contributed by atoms with Gasteiger partial charge in [-0.3, -0.25) is 4.98 Å². The number of hydrogen-bond acceptors (Lipinski definition) is 5. The van der Waals surface area contributed by atoms with E-state index in [1.807, 2.05) is 55.5 Å². The second-order valence-electron chi connectivity index (χ2n) is 5.37. The van der Waals surface area contributed by atoms with E-state index in [2.05, 4.69) is 10.3 Å². The van der Waals surface area contributed by atoms with Crippen molar-refractivity contribution in [3.8, 4) is 5.75 Å². The van der Waals surface area contributed by atoms with E-state index in [1.165, 1.54) is 0 Å². The fourth-order valence-corrected chi connectivity index (χ4v) is 2.59. The molecule has 3 rings (SSSR count). The highest BCUT2D eigenvalue weighted by atomic mass is 16.5. The molecule has 25 heavy (non-hydrogen) atoms. The molecule has 3 aromatic rings. The number of pyridine rings is 1. The molecule has 0 aliphatic carbocycles. The quantitative estimate of drug-likeness (QED) is 0.669. The Balaban J connectivity index is 2.16. The van der Waals surface area contributed by atoms with Crippen LogP contribution < -0.4 is 10.1 Å². The Morgan fingerprint density at radius 2 is 1.88 bits per heavy atom. The third kappa shape index (κ3) is 3.71. The van der Waals surface area contributed by atoms with Crippen LogP contribution in [0.3, 0.4) is 0 Å². The molecule has 0 saturated carbocycles. The molecule has 0 amide bonds. The number of benzene rings is 2. The van der Waals surface area contributed by atoms with E-state index in [0.29, 0.717) is 24.5 Å². The highest BCUT2D eigenvalue weighted by molar-refractivity contribution is 6.06. The van der Waals surface area contributed by atoms with Crippen molar-refractivity contribution < 1.29 is 14.3 Å². The lowest BCUT2D eigenvalue weighted by Crippen LogP contribution is -2.09. The number of carbonyl (C=O) groups excluding carboxylic acids is 1. The number of anilines is 2. The van der Waals surface area contributed by atoms with Crippen molar-refractivity contribution in [2.45, 2.75) is 13.8 Å². The zero-order valence-corrected chi connectivity index (χ0v) is 14.3. The van der Waals surface area contributed by atoms with Gasteiger partial charge in [0.05, 0.1) is 24.4 Å². The van der Waals surface area contributed by atoms with Crippen LogP contribution >= 0.6 is 0 Å². The number of rotatable bonds is 6. The third-order valence-corrected chi connectivity index (χ3v) is 3.69. The number of nitrogens with one attached hydrogen (secondary N) is 1. The Labute approximate surface area is 146 Å². The number of hydrogen-bond donors (Lipinski definition) is 1. The number of nitrogens with zero attached hydrogens (tertiary/aromatic N) is 1. The summed E-state index contributed by atoms with van der Waals surface area (Å²) in [5.41, 5.74) is 2.71. The molecular weight excluding hydrogens is 316 g/mol. The Morgan fingerprint density at radius 1 is 1.08 bits per heavy atom. The molecule has 0 saturated heterocycles. The summed E-state index contributed by atoms with van der Waals surface area (Å²) in [6, 6.07) is 15.3. The summed E-state index contributed by atoms with van der Waals surface area (Å²) in [7, 11) is 0. The molecule has 5 heteroatoms. The van der Waals surface area contributed by atoms with Crippen LogP contribution in [0.2, 0.25) is 0 Å². The van der Waals surface area contributed by atoms with E-state index >= 15 is 0 Å². The second-order valence-corrected chi connectivity index (χ2v) is 5.37. The molecule has 5 nitrogen and oxygen atoms in total. The smallest absolute Gasteiger partial charge is 0.341 e. The standard InChI is InChI=1S/C20H20N2O3/c1-3-24-15-10-11-18-16(12-15)19(22-14-8-6-5-7-9-14)17(13-21-18)20(23)25-4-2/h5-13H,3-4H2,1-2H3,(H,21,22). The average molecular weight is 336 g/mol. The lowest BCUT2D eigenvalue weighted by atomic mass is 10.1. The topological polar surface area (TPSA) is 60.5 Å². The molecule has 0 unspecified atom stereocenters. The van der Waals surface area contributed by atoms with Crippen LogP contribution in [0.4, 0.5) is 11.4 Å². The minimum absolute atomic E-state index is 0.306. The summed E-state index contributed by atoms with van der Waals surface area (Å²) in [4.78, 5) is 16.8. The molecule has 0 aliphatic heterocycles. The molecule has 1 aromatic heterocycles. The van der Waals surface area contributed by atoms with Gasteiger partial charge in [0.25, 0.3) is 0 Å². The van der Waals surface area contributed by atoms with Crippen molar-refractivity contribution in [2.75, 3.05) is 18.5 Å². The van der Waals surface area contributed by atoms with Crippen LogP contribution in [-0.2, 0) is 4.74 Å². The van der Waals surface area contributed by atoms with E-state index in [9.17, 15) is 4.79 Å². The van der Waals surface area contributed by atoms with Crippen LogP contribution in [0.1, 0.15) is 24.2 Å². The number of esters is 1. The largest absolute Gasteiger partial charge is 0.494 e. The lowest BCUT2D eigenvalue weighted by molar-refractivity contribution is 0.0527. The van der Waals surface area contributed by atoms with Gasteiger partial charge < -0.3 is 14.8 Å². The number of fused-ring (bicyclic) bond motifs is 1. The van der Waals surface area contributed by atoms with Crippen LogP contribution in [-0.4, -0.2) is 24.2 Å². The SMILES string of the molecule is CCOC(=O)c1cnc2ccc(OCC)cc2c1Nc1ccccc1. The molecular formula is C20H20N2O3. The number of ether oxygens (including phenoxy) is 2. The van der Waals surface area contributed by atoms with Crippen molar-refractivity contribution in [3.63, 3.8) is 0 Å². The van der Waals surface area contributed by atoms with E-state index in [0.717, 1.165) is 22.3 Å². The van der Waals surface area contributed by atoms with Gasteiger partial charge in [-0.1, -0.05) is 18.2 Å². The predicted octanol–water partition coefficient (Wildman–Crippen LogP) is 4.55. The van der Waals surface area contributed by atoms with Gasteiger partial charge in [-0.2, -0.15) is 0 Å². The Kier molecular flexibility index (Phi) is 5.14. The maximum Gasteiger partial charge on any atom is 0.341 e. The van der Waals surface area contributed by atoms with Crippen molar-refractivity contribution in [1.82, 2.24) is 4.98 Å². The van der Waals surface area contributed by atoms with Gasteiger partial charge >= 0.3 is 5.97 Å². The van der Waals surface area contributed by atoms with Gasteiger partial charge in [0, 0.05) is 17.3 Å². The van der Waals surface area contributed by atoms with E-state index in [4.69, 9.17) is 9.47 Å².